The molecule has 0 aliphatic heterocycles. The summed E-state index contributed by atoms with van der Waals surface area (Å²) in [6.45, 7) is 0. The smallest absolute Gasteiger partial charge is 0.181 e. The van der Waals surface area contributed by atoms with Gasteiger partial charge in [-0.15, -0.1) is 21.5 Å². The molecule has 5 heteroatoms. The van der Waals surface area contributed by atoms with Crippen LogP contribution in [0.4, 0.5) is 0 Å². The fraction of sp³-hybridized carbons (Fsp3) is 0. The lowest BCUT2D eigenvalue weighted by Crippen LogP contribution is -1.84. The molecule has 0 spiro atoms. The molecule has 0 saturated carbocycles. The maximum Gasteiger partial charge on any atom is 0.181 e. The average Bonchev–Trinajstić information content (AvgIpc) is 2.71. The molecule has 0 aliphatic carbocycles. The molecule has 0 aliphatic rings. The molecule has 0 radical (unpaired) electrons. The number of hydrogen-bond acceptors (Lipinski definition) is 4. The summed E-state index contributed by atoms with van der Waals surface area (Å²) >= 11 is 1.64. The number of hydrogen-bond donors (Lipinski definition) is 0. The Morgan fingerprint density at radius 3 is 3.33 bits per heavy atom. The van der Waals surface area contributed by atoms with Crippen LogP contribution < -0.4 is 0 Å². The Hall–Kier alpha value is -1.49. The minimum absolute atomic E-state index is 0.884. The molecule has 0 unspecified atom stereocenters. The van der Waals surface area contributed by atoms with Crippen molar-refractivity contribution >= 4 is 27.2 Å². The van der Waals surface area contributed by atoms with Gasteiger partial charge in [-0.3, -0.25) is 4.40 Å². The first-order valence-electron chi connectivity index (χ1n) is 3.47. The minimum atomic E-state index is 0.884. The first kappa shape index (κ1) is 6.07. The van der Waals surface area contributed by atoms with Crippen LogP contribution in [0.25, 0.3) is 15.9 Å². The maximum atomic E-state index is 4.23. The van der Waals surface area contributed by atoms with Gasteiger partial charge in [-0.25, -0.2) is 4.98 Å². The highest BCUT2D eigenvalue weighted by molar-refractivity contribution is 7.17. The van der Waals surface area contributed by atoms with Crippen LogP contribution in [0, 0.1) is 0 Å². The van der Waals surface area contributed by atoms with Crippen molar-refractivity contribution in [2.24, 2.45) is 0 Å². The lowest BCUT2D eigenvalue weighted by Gasteiger charge is -1.90. The largest absolute Gasteiger partial charge is 0.271 e. The Balaban J connectivity index is 2.71. The van der Waals surface area contributed by atoms with Crippen LogP contribution in [-0.2, 0) is 0 Å². The number of fused-ring (bicyclic) bond motifs is 3. The van der Waals surface area contributed by atoms with Gasteiger partial charge < -0.3 is 0 Å². The van der Waals surface area contributed by atoms with Crippen LogP contribution in [0.15, 0.2) is 24.1 Å². The summed E-state index contributed by atoms with van der Waals surface area (Å²) in [4.78, 5) is 4.23. The Labute approximate surface area is 71.5 Å². The summed E-state index contributed by atoms with van der Waals surface area (Å²) in [6, 6.07) is 1.98. The molecule has 12 heavy (non-hydrogen) atoms. The van der Waals surface area contributed by atoms with Gasteiger partial charge in [0.1, 0.15) is 12.7 Å². The number of rotatable bonds is 0. The van der Waals surface area contributed by atoms with Gasteiger partial charge in [0, 0.05) is 0 Å². The lowest BCUT2D eigenvalue weighted by molar-refractivity contribution is 1.08. The van der Waals surface area contributed by atoms with Gasteiger partial charge in [-0.05, 0) is 11.4 Å². The van der Waals surface area contributed by atoms with E-state index in [4.69, 9.17) is 0 Å². The molecule has 58 valence electrons. The van der Waals surface area contributed by atoms with Crippen molar-refractivity contribution in [1.29, 1.82) is 0 Å². The number of aromatic nitrogens is 4. The van der Waals surface area contributed by atoms with Crippen LogP contribution in [0.5, 0.6) is 0 Å². The second kappa shape index (κ2) is 2.01. The Kier molecular flexibility index (Phi) is 1.02. The van der Waals surface area contributed by atoms with E-state index in [9.17, 15) is 0 Å². The van der Waals surface area contributed by atoms with E-state index < -0.39 is 0 Å². The Morgan fingerprint density at radius 2 is 2.33 bits per heavy atom. The predicted molar refractivity (Wildman–Crippen MR) is 46.2 cm³/mol. The Bertz CT molecular complexity index is 489. The van der Waals surface area contributed by atoms with Crippen molar-refractivity contribution in [3.05, 3.63) is 24.1 Å². The molecule has 0 saturated heterocycles. The molecule has 3 aromatic heterocycles. The highest BCUT2D eigenvalue weighted by atomic mass is 32.1. The summed E-state index contributed by atoms with van der Waals surface area (Å²) < 4.78 is 2.91. The van der Waals surface area contributed by atoms with Crippen molar-refractivity contribution in [2.75, 3.05) is 0 Å². The fourth-order valence-corrected chi connectivity index (χ4v) is 2.01. The predicted octanol–water partition coefficient (Wildman–Crippen LogP) is 1.34. The average molecular weight is 176 g/mol. The van der Waals surface area contributed by atoms with Gasteiger partial charge in [0.2, 0.25) is 0 Å². The van der Waals surface area contributed by atoms with E-state index in [1.807, 2.05) is 15.8 Å². The van der Waals surface area contributed by atoms with Gasteiger partial charge in [0.25, 0.3) is 0 Å². The van der Waals surface area contributed by atoms with Crippen LogP contribution >= 0.6 is 11.3 Å². The first-order chi connectivity index (χ1) is 5.95. The molecular weight excluding hydrogens is 172 g/mol. The topological polar surface area (TPSA) is 43.1 Å². The standard InChI is InChI=1S/C7H4N4S/c1-2-12-6-5(1)8-3-11-4-9-10-7(6)11/h1-4H. The van der Waals surface area contributed by atoms with E-state index in [0.29, 0.717) is 0 Å². The molecule has 3 heterocycles. The third-order valence-corrected chi connectivity index (χ3v) is 2.64. The molecule has 0 fully saturated rings. The third kappa shape index (κ3) is 0.634. The van der Waals surface area contributed by atoms with Crippen molar-refractivity contribution in [3.8, 4) is 0 Å². The van der Waals surface area contributed by atoms with Gasteiger partial charge in [-0.1, -0.05) is 0 Å². The molecule has 3 aromatic rings. The summed E-state index contributed by atoms with van der Waals surface area (Å²) in [5, 5.41) is 9.82. The molecule has 3 rings (SSSR count). The quantitative estimate of drug-likeness (QED) is 0.519. The van der Waals surface area contributed by atoms with Crippen molar-refractivity contribution in [2.45, 2.75) is 0 Å². The number of thiophene rings is 1. The molecule has 0 N–H and O–H groups in total. The SMILES string of the molecule is c1cc2ncn3cnnc3c2s1. The summed E-state index contributed by atoms with van der Waals surface area (Å²) in [5.74, 6) is 0. The Morgan fingerprint density at radius 1 is 1.33 bits per heavy atom. The van der Waals surface area contributed by atoms with Gasteiger partial charge >= 0.3 is 0 Å². The van der Waals surface area contributed by atoms with E-state index >= 15 is 0 Å². The fourth-order valence-electron chi connectivity index (χ4n) is 1.19. The normalized spacial score (nSPS) is 11.3. The maximum absolute atomic E-state index is 4.23. The lowest BCUT2D eigenvalue weighted by atomic mass is 10.5. The zero-order chi connectivity index (χ0) is 7.97. The molecule has 0 bridgehead atoms. The molecular formula is C7H4N4S. The molecule has 0 amide bonds. The second-order valence-corrected chi connectivity index (χ2v) is 3.36. The van der Waals surface area contributed by atoms with E-state index in [1.54, 1.807) is 24.0 Å². The monoisotopic (exact) mass is 176 g/mol. The van der Waals surface area contributed by atoms with Crippen LogP contribution in [-0.4, -0.2) is 19.6 Å². The van der Waals surface area contributed by atoms with Gasteiger partial charge in [0.05, 0.1) is 10.2 Å². The number of nitrogens with zero attached hydrogens (tertiary/aromatic N) is 4. The first-order valence-corrected chi connectivity index (χ1v) is 4.35. The zero-order valence-electron chi connectivity index (χ0n) is 6.01. The van der Waals surface area contributed by atoms with Crippen molar-refractivity contribution < 1.29 is 0 Å². The van der Waals surface area contributed by atoms with E-state index in [-0.39, 0.29) is 0 Å². The van der Waals surface area contributed by atoms with Crippen LogP contribution in [0.2, 0.25) is 0 Å². The second-order valence-electron chi connectivity index (χ2n) is 2.44. The minimum Gasteiger partial charge on any atom is -0.271 e. The summed E-state index contributed by atoms with van der Waals surface area (Å²) in [7, 11) is 0. The third-order valence-electron chi connectivity index (χ3n) is 1.74. The van der Waals surface area contributed by atoms with Gasteiger partial charge in [0.15, 0.2) is 5.65 Å². The zero-order valence-corrected chi connectivity index (χ0v) is 6.82. The summed E-state index contributed by atoms with van der Waals surface area (Å²) in [6.07, 6.45) is 3.38. The van der Waals surface area contributed by atoms with Crippen LogP contribution in [0.3, 0.4) is 0 Å². The molecule has 4 nitrogen and oxygen atoms in total. The molecule has 0 atom stereocenters. The van der Waals surface area contributed by atoms with E-state index in [2.05, 4.69) is 15.2 Å². The highest BCUT2D eigenvalue weighted by Crippen LogP contribution is 2.21. The molecule has 0 aromatic carbocycles. The summed E-state index contributed by atoms with van der Waals surface area (Å²) in [5.41, 5.74) is 1.87. The van der Waals surface area contributed by atoms with E-state index in [0.717, 1.165) is 15.9 Å². The van der Waals surface area contributed by atoms with Gasteiger partial charge in [-0.2, -0.15) is 0 Å². The van der Waals surface area contributed by atoms with Crippen molar-refractivity contribution in [3.63, 3.8) is 0 Å². The highest BCUT2D eigenvalue weighted by Gasteiger charge is 2.03. The van der Waals surface area contributed by atoms with Crippen LogP contribution in [0.1, 0.15) is 0 Å². The van der Waals surface area contributed by atoms with E-state index in [1.165, 1.54) is 0 Å². The van der Waals surface area contributed by atoms with Crippen molar-refractivity contribution in [1.82, 2.24) is 19.6 Å².